The zero-order valence-corrected chi connectivity index (χ0v) is 13.2. The fraction of sp³-hybridized carbons (Fsp3) is 0.0714. The number of hydrogen-bond donors (Lipinski definition) is 2. The zero-order chi connectivity index (χ0) is 15.4. The van der Waals surface area contributed by atoms with Crippen molar-refractivity contribution in [3.8, 4) is 0 Å². The molecule has 1 unspecified atom stereocenters. The molecule has 0 aliphatic heterocycles. The Morgan fingerprint density at radius 3 is 2.67 bits per heavy atom. The van der Waals surface area contributed by atoms with Gasteiger partial charge in [-0.15, -0.1) is 0 Å². The summed E-state index contributed by atoms with van der Waals surface area (Å²) >= 11 is 3.25. The lowest BCUT2D eigenvalue weighted by Gasteiger charge is -2.07. The summed E-state index contributed by atoms with van der Waals surface area (Å²) in [6.07, 6.45) is 0. The second-order valence-electron chi connectivity index (χ2n) is 4.21. The van der Waals surface area contributed by atoms with Gasteiger partial charge in [-0.1, -0.05) is 12.1 Å². The zero-order valence-electron chi connectivity index (χ0n) is 10.8. The molecule has 2 aromatic rings. The van der Waals surface area contributed by atoms with E-state index in [9.17, 15) is 13.4 Å². The largest absolute Gasteiger partial charge is 0.399 e. The number of carbonyl (C=O) groups is 1. The standard InChI is InChI=1S/C14H12BrFN2O2S/c15-10-7-9(17)5-6-13(10)21(20)8-14(19)18-12-4-2-1-3-11(12)16/h1-7H,8,17H2,(H,18,19). The second kappa shape index (κ2) is 6.82. The predicted molar refractivity (Wildman–Crippen MR) is 84.9 cm³/mol. The van der Waals surface area contributed by atoms with Crippen LogP contribution in [0.2, 0.25) is 0 Å². The van der Waals surface area contributed by atoms with Crippen molar-refractivity contribution in [2.45, 2.75) is 4.90 Å². The third-order valence-corrected chi connectivity index (χ3v) is 4.90. The summed E-state index contributed by atoms with van der Waals surface area (Å²) in [6.45, 7) is 0. The fourth-order valence-electron chi connectivity index (χ4n) is 1.65. The summed E-state index contributed by atoms with van der Waals surface area (Å²) in [5.41, 5.74) is 6.19. The quantitative estimate of drug-likeness (QED) is 0.812. The van der Waals surface area contributed by atoms with Gasteiger partial charge >= 0.3 is 0 Å². The lowest BCUT2D eigenvalue weighted by atomic mass is 10.3. The lowest BCUT2D eigenvalue weighted by Crippen LogP contribution is -2.20. The van der Waals surface area contributed by atoms with E-state index in [-0.39, 0.29) is 11.4 Å². The van der Waals surface area contributed by atoms with E-state index in [1.54, 1.807) is 24.3 Å². The van der Waals surface area contributed by atoms with E-state index in [0.29, 0.717) is 15.1 Å². The molecule has 0 saturated carbocycles. The smallest absolute Gasteiger partial charge is 0.237 e. The molecule has 1 amide bonds. The van der Waals surface area contributed by atoms with Crippen LogP contribution in [0.3, 0.4) is 0 Å². The van der Waals surface area contributed by atoms with E-state index < -0.39 is 22.5 Å². The van der Waals surface area contributed by atoms with Crippen LogP contribution < -0.4 is 11.1 Å². The average Bonchev–Trinajstić information content (AvgIpc) is 2.41. The van der Waals surface area contributed by atoms with Crippen molar-refractivity contribution in [3.05, 3.63) is 52.8 Å². The van der Waals surface area contributed by atoms with Crippen molar-refractivity contribution in [1.82, 2.24) is 0 Å². The first-order valence-electron chi connectivity index (χ1n) is 5.95. The molecular weight excluding hydrogens is 359 g/mol. The van der Waals surface area contributed by atoms with Crippen LogP contribution in [0, 0.1) is 5.82 Å². The fourth-order valence-corrected chi connectivity index (χ4v) is 3.55. The minimum Gasteiger partial charge on any atom is -0.399 e. The molecule has 0 aliphatic rings. The van der Waals surface area contributed by atoms with E-state index >= 15 is 0 Å². The maximum atomic E-state index is 13.4. The third kappa shape index (κ3) is 4.12. The van der Waals surface area contributed by atoms with Crippen molar-refractivity contribution >= 4 is 44.0 Å². The average molecular weight is 371 g/mol. The first kappa shape index (κ1) is 15.7. The number of hydrogen-bond acceptors (Lipinski definition) is 3. The normalized spacial score (nSPS) is 11.9. The van der Waals surface area contributed by atoms with Gasteiger partial charge in [-0.05, 0) is 46.3 Å². The Kier molecular flexibility index (Phi) is 5.08. The highest BCUT2D eigenvalue weighted by Crippen LogP contribution is 2.23. The highest BCUT2D eigenvalue weighted by molar-refractivity contribution is 9.10. The Morgan fingerprint density at radius 2 is 2.00 bits per heavy atom. The van der Waals surface area contributed by atoms with E-state index in [4.69, 9.17) is 5.73 Å². The molecule has 0 fully saturated rings. The van der Waals surface area contributed by atoms with Crippen LogP contribution >= 0.6 is 15.9 Å². The number of nitrogens with one attached hydrogen (secondary N) is 1. The first-order chi connectivity index (χ1) is 9.97. The highest BCUT2D eigenvalue weighted by atomic mass is 79.9. The van der Waals surface area contributed by atoms with Crippen LogP contribution in [0.4, 0.5) is 15.8 Å². The summed E-state index contributed by atoms with van der Waals surface area (Å²) in [5, 5.41) is 2.39. The molecule has 21 heavy (non-hydrogen) atoms. The third-order valence-electron chi connectivity index (χ3n) is 2.61. The lowest BCUT2D eigenvalue weighted by molar-refractivity contribution is -0.113. The van der Waals surface area contributed by atoms with Crippen LogP contribution in [-0.2, 0) is 15.6 Å². The molecule has 0 radical (unpaired) electrons. The van der Waals surface area contributed by atoms with Gasteiger partial charge in [-0.3, -0.25) is 9.00 Å². The molecule has 2 rings (SSSR count). The van der Waals surface area contributed by atoms with Crippen molar-refractivity contribution in [2.24, 2.45) is 0 Å². The molecule has 2 aromatic carbocycles. The molecule has 0 aliphatic carbocycles. The number of nitrogens with two attached hydrogens (primary N) is 1. The summed E-state index contributed by atoms with van der Waals surface area (Å²) in [6, 6.07) is 10.6. The topological polar surface area (TPSA) is 72.2 Å². The van der Waals surface area contributed by atoms with Crippen LogP contribution in [-0.4, -0.2) is 15.9 Å². The SMILES string of the molecule is Nc1ccc(S(=O)CC(=O)Nc2ccccc2F)c(Br)c1. The predicted octanol–water partition coefficient (Wildman–Crippen LogP) is 2.92. The number of rotatable bonds is 4. The van der Waals surface area contributed by atoms with Crippen LogP contribution in [0.25, 0.3) is 0 Å². The monoisotopic (exact) mass is 370 g/mol. The molecule has 4 nitrogen and oxygen atoms in total. The van der Waals surface area contributed by atoms with Gasteiger partial charge in [0.1, 0.15) is 11.6 Å². The maximum Gasteiger partial charge on any atom is 0.237 e. The molecule has 0 saturated heterocycles. The summed E-state index contributed by atoms with van der Waals surface area (Å²) in [4.78, 5) is 12.3. The molecule has 1 atom stereocenters. The summed E-state index contributed by atoms with van der Waals surface area (Å²) in [5.74, 6) is -1.33. The Hall–Kier alpha value is -1.73. The number of nitrogen functional groups attached to an aromatic ring is 1. The van der Waals surface area contributed by atoms with Gasteiger partial charge in [-0.2, -0.15) is 0 Å². The first-order valence-corrected chi connectivity index (χ1v) is 8.06. The number of benzene rings is 2. The minimum atomic E-state index is -1.55. The van der Waals surface area contributed by atoms with E-state index in [0.717, 1.165) is 0 Å². The molecule has 0 heterocycles. The Labute approximate surface area is 132 Å². The molecule has 7 heteroatoms. The van der Waals surface area contributed by atoms with Gasteiger partial charge in [0.05, 0.1) is 21.4 Å². The van der Waals surface area contributed by atoms with Crippen LogP contribution in [0.5, 0.6) is 0 Å². The highest BCUT2D eigenvalue weighted by Gasteiger charge is 2.14. The number of anilines is 2. The van der Waals surface area contributed by atoms with Gasteiger partial charge in [0.2, 0.25) is 5.91 Å². The maximum absolute atomic E-state index is 13.4. The molecular formula is C14H12BrFN2O2S. The second-order valence-corrected chi connectivity index (χ2v) is 6.48. The van der Waals surface area contributed by atoms with Crippen LogP contribution in [0.15, 0.2) is 51.8 Å². The Bertz CT molecular complexity index is 709. The number of para-hydroxylation sites is 1. The van der Waals surface area contributed by atoms with Crippen molar-refractivity contribution < 1.29 is 13.4 Å². The molecule has 0 aromatic heterocycles. The van der Waals surface area contributed by atoms with Gasteiger partial charge in [0.25, 0.3) is 0 Å². The number of carbonyl (C=O) groups excluding carboxylic acids is 1. The van der Waals surface area contributed by atoms with Crippen LogP contribution in [0.1, 0.15) is 0 Å². The van der Waals surface area contributed by atoms with Gasteiger partial charge in [0.15, 0.2) is 0 Å². The Balaban J connectivity index is 2.06. The van der Waals surface area contributed by atoms with Crippen molar-refractivity contribution in [1.29, 1.82) is 0 Å². The molecule has 3 N–H and O–H groups in total. The van der Waals surface area contributed by atoms with Crippen molar-refractivity contribution in [3.63, 3.8) is 0 Å². The summed E-state index contributed by atoms with van der Waals surface area (Å²) in [7, 11) is -1.55. The van der Waals surface area contributed by atoms with Crippen molar-refractivity contribution in [2.75, 3.05) is 16.8 Å². The number of halogens is 2. The van der Waals surface area contributed by atoms with Gasteiger partial charge in [-0.25, -0.2) is 4.39 Å². The summed E-state index contributed by atoms with van der Waals surface area (Å²) < 4.78 is 26.1. The van der Waals surface area contributed by atoms with Gasteiger partial charge in [0, 0.05) is 10.2 Å². The number of amides is 1. The van der Waals surface area contributed by atoms with Gasteiger partial charge < -0.3 is 11.1 Å². The molecule has 0 spiro atoms. The molecule has 0 bridgehead atoms. The molecule has 110 valence electrons. The van der Waals surface area contributed by atoms with E-state index in [1.165, 1.54) is 18.2 Å². The Morgan fingerprint density at radius 1 is 1.29 bits per heavy atom. The van der Waals surface area contributed by atoms with E-state index in [2.05, 4.69) is 21.2 Å². The van der Waals surface area contributed by atoms with E-state index in [1.807, 2.05) is 0 Å². The minimum absolute atomic E-state index is 0.0656.